The maximum absolute atomic E-state index is 12.9. The van der Waals surface area contributed by atoms with E-state index in [0.717, 1.165) is 5.69 Å². The molecule has 0 saturated heterocycles. The maximum Gasteiger partial charge on any atom is 0.300 e. The molecule has 9 nitrogen and oxygen atoms in total. The van der Waals surface area contributed by atoms with Gasteiger partial charge in [-0.15, -0.1) is 10.2 Å². The number of nitrogens with one attached hydrogen (secondary N) is 1. The molecule has 164 valence electrons. The summed E-state index contributed by atoms with van der Waals surface area (Å²) in [4.78, 5) is 25.6. The summed E-state index contributed by atoms with van der Waals surface area (Å²) in [7, 11) is 3.09. The second kappa shape index (κ2) is 9.15. The summed E-state index contributed by atoms with van der Waals surface area (Å²) in [6, 6.07) is 14.4. The molecule has 32 heavy (non-hydrogen) atoms. The molecule has 10 heteroatoms. The number of carbonyl (C=O) groups is 1. The summed E-state index contributed by atoms with van der Waals surface area (Å²) in [6.07, 6.45) is 3.37. The Morgan fingerprint density at radius 1 is 1.03 bits per heavy atom. The molecule has 4 aromatic rings. The number of ether oxygens (including phenoxy) is 2. The molecular weight excluding hydrogens is 430 g/mol. The first-order valence-electron chi connectivity index (χ1n) is 9.72. The van der Waals surface area contributed by atoms with Crippen molar-refractivity contribution in [2.45, 2.75) is 17.3 Å². The maximum atomic E-state index is 12.9. The van der Waals surface area contributed by atoms with Crippen molar-refractivity contribution in [3.63, 3.8) is 0 Å². The fourth-order valence-electron chi connectivity index (χ4n) is 3.07. The first-order chi connectivity index (χ1) is 15.5. The molecule has 2 aromatic heterocycles. The first-order valence-corrected chi connectivity index (χ1v) is 10.6. The van der Waals surface area contributed by atoms with Crippen LogP contribution in [0.15, 0.2) is 70.9 Å². The van der Waals surface area contributed by atoms with Crippen molar-refractivity contribution in [2.24, 2.45) is 0 Å². The number of anilines is 1. The van der Waals surface area contributed by atoms with Crippen LogP contribution < -0.4 is 20.3 Å². The molecule has 2 heterocycles. The van der Waals surface area contributed by atoms with Crippen molar-refractivity contribution in [1.82, 2.24) is 19.2 Å². The fourth-order valence-corrected chi connectivity index (χ4v) is 3.90. The number of nitrogens with zero attached hydrogens (tertiary/aromatic N) is 4. The van der Waals surface area contributed by atoms with Gasteiger partial charge in [-0.05, 0) is 19.1 Å². The third kappa shape index (κ3) is 4.30. The quantitative estimate of drug-likeness (QED) is 0.431. The van der Waals surface area contributed by atoms with Gasteiger partial charge in [-0.25, -0.2) is 0 Å². The van der Waals surface area contributed by atoms with E-state index in [1.165, 1.54) is 16.3 Å². The molecular formula is C22H21N5O4S. The summed E-state index contributed by atoms with van der Waals surface area (Å²) < 4.78 is 13.6. The Morgan fingerprint density at radius 3 is 2.38 bits per heavy atom. The minimum atomic E-state index is -0.504. The van der Waals surface area contributed by atoms with Gasteiger partial charge < -0.3 is 14.8 Å². The van der Waals surface area contributed by atoms with Crippen LogP contribution >= 0.6 is 11.8 Å². The van der Waals surface area contributed by atoms with Crippen LogP contribution in [0.25, 0.3) is 11.3 Å². The Bertz CT molecular complexity index is 1300. The number of methoxy groups -OCH3 is 2. The predicted molar refractivity (Wildman–Crippen MR) is 122 cm³/mol. The standard InChI is InChI=1S/C22H21N5O4S/c1-14(20(28)23-15-11-17(30-2)13-18(12-15)31-3)32-22-25-24-19-21(29)26(9-10-27(19)22)16-7-5-4-6-8-16/h4-14H,1-3H3,(H,23,28)/t14-/m0/s1. The lowest BCUT2D eigenvalue weighted by atomic mass is 10.2. The van der Waals surface area contributed by atoms with Gasteiger partial charge in [-0.3, -0.25) is 18.6 Å². The van der Waals surface area contributed by atoms with Crippen molar-refractivity contribution in [1.29, 1.82) is 0 Å². The lowest BCUT2D eigenvalue weighted by molar-refractivity contribution is -0.115. The number of amides is 1. The monoisotopic (exact) mass is 451 g/mol. The van der Waals surface area contributed by atoms with Gasteiger partial charge in [-0.1, -0.05) is 30.0 Å². The molecule has 1 N–H and O–H groups in total. The van der Waals surface area contributed by atoms with E-state index in [4.69, 9.17) is 9.47 Å². The second-order valence-corrected chi connectivity index (χ2v) is 8.14. The largest absolute Gasteiger partial charge is 0.497 e. The van der Waals surface area contributed by atoms with E-state index in [2.05, 4.69) is 15.5 Å². The van der Waals surface area contributed by atoms with Gasteiger partial charge >= 0.3 is 5.56 Å². The third-order valence-corrected chi connectivity index (χ3v) is 5.80. The Morgan fingerprint density at radius 2 is 1.72 bits per heavy atom. The average Bonchev–Trinajstić information content (AvgIpc) is 3.23. The number of para-hydroxylation sites is 1. The van der Waals surface area contributed by atoms with Crippen LogP contribution in [0, 0.1) is 0 Å². The van der Waals surface area contributed by atoms with Crippen LogP contribution in [0.2, 0.25) is 0 Å². The highest BCUT2D eigenvalue weighted by molar-refractivity contribution is 8.00. The molecule has 0 unspecified atom stereocenters. The molecule has 0 spiro atoms. The SMILES string of the molecule is COc1cc(NC(=O)[C@H](C)Sc2nnc3c(=O)n(-c4ccccc4)ccn23)cc(OC)c1. The average molecular weight is 452 g/mol. The van der Waals surface area contributed by atoms with Gasteiger partial charge in [0.15, 0.2) is 5.16 Å². The molecule has 2 aromatic carbocycles. The van der Waals surface area contributed by atoms with E-state index < -0.39 is 5.25 Å². The van der Waals surface area contributed by atoms with Crippen LogP contribution in [0.5, 0.6) is 11.5 Å². The summed E-state index contributed by atoms with van der Waals surface area (Å²) in [5.74, 6) is 0.899. The van der Waals surface area contributed by atoms with Gasteiger partial charge in [0.25, 0.3) is 0 Å². The van der Waals surface area contributed by atoms with Gasteiger partial charge in [0, 0.05) is 42.0 Å². The van der Waals surface area contributed by atoms with E-state index in [1.54, 1.807) is 56.1 Å². The minimum absolute atomic E-state index is 0.184. The zero-order chi connectivity index (χ0) is 22.7. The van der Waals surface area contributed by atoms with Crippen molar-refractivity contribution >= 4 is 29.0 Å². The van der Waals surface area contributed by atoms with Crippen molar-refractivity contribution < 1.29 is 14.3 Å². The summed E-state index contributed by atoms with van der Waals surface area (Å²) in [5.41, 5.74) is 1.18. The number of hydrogen-bond donors (Lipinski definition) is 1. The van der Waals surface area contributed by atoms with Crippen LogP contribution in [0.1, 0.15) is 6.92 Å². The normalized spacial score (nSPS) is 11.8. The number of hydrogen-bond acceptors (Lipinski definition) is 7. The van der Waals surface area contributed by atoms with Gasteiger partial charge in [0.1, 0.15) is 11.5 Å². The number of thioether (sulfide) groups is 1. The molecule has 4 rings (SSSR count). The highest BCUT2D eigenvalue weighted by Crippen LogP contribution is 2.27. The summed E-state index contributed by atoms with van der Waals surface area (Å²) in [6.45, 7) is 1.75. The minimum Gasteiger partial charge on any atom is -0.497 e. The van der Waals surface area contributed by atoms with Crippen LogP contribution in [0.3, 0.4) is 0 Å². The topological polar surface area (TPSA) is 99.8 Å². The molecule has 0 radical (unpaired) electrons. The lowest BCUT2D eigenvalue weighted by Crippen LogP contribution is -2.23. The number of aromatic nitrogens is 4. The number of rotatable bonds is 7. The second-order valence-electron chi connectivity index (χ2n) is 6.84. The van der Waals surface area contributed by atoms with Gasteiger partial charge in [0.05, 0.1) is 19.5 Å². The first kappa shape index (κ1) is 21.4. The Balaban J connectivity index is 1.54. The highest BCUT2D eigenvalue weighted by Gasteiger charge is 2.20. The fraction of sp³-hybridized carbons (Fsp3) is 0.182. The molecule has 0 aliphatic rings. The highest BCUT2D eigenvalue weighted by atomic mass is 32.2. The van der Waals surface area contributed by atoms with E-state index in [-0.39, 0.29) is 17.1 Å². The van der Waals surface area contributed by atoms with E-state index in [0.29, 0.717) is 22.3 Å². The van der Waals surface area contributed by atoms with E-state index in [9.17, 15) is 9.59 Å². The summed E-state index contributed by atoms with van der Waals surface area (Å²) in [5, 5.41) is 11.0. The van der Waals surface area contributed by atoms with E-state index >= 15 is 0 Å². The van der Waals surface area contributed by atoms with Crippen molar-refractivity contribution in [2.75, 3.05) is 19.5 Å². The molecule has 0 fully saturated rings. The molecule has 0 aliphatic heterocycles. The molecule has 1 amide bonds. The zero-order valence-electron chi connectivity index (χ0n) is 17.7. The number of benzene rings is 2. The Kier molecular flexibility index (Phi) is 6.13. The van der Waals surface area contributed by atoms with E-state index in [1.807, 2.05) is 30.3 Å². The molecule has 0 saturated carbocycles. The molecule has 0 bridgehead atoms. The summed E-state index contributed by atoms with van der Waals surface area (Å²) >= 11 is 1.20. The molecule has 0 aliphatic carbocycles. The van der Waals surface area contributed by atoms with Crippen LogP contribution in [0.4, 0.5) is 5.69 Å². The number of carbonyl (C=O) groups excluding carboxylic acids is 1. The Labute approximate surface area is 188 Å². The van der Waals surface area contributed by atoms with Gasteiger partial charge in [0.2, 0.25) is 11.6 Å². The smallest absolute Gasteiger partial charge is 0.300 e. The lowest BCUT2D eigenvalue weighted by Gasteiger charge is -2.13. The number of fused-ring (bicyclic) bond motifs is 1. The molecule has 1 atom stereocenters. The predicted octanol–water partition coefficient (Wildman–Crippen LogP) is 3.02. The van der Waals surface area contributed by atoms with Crippen molar-refractivity contribution in [3.05, 3.63) is 71.3 Å². The Hall–Kier alpha value is -3.79. The zero-order valence-corrected chi connectivity index (χ0v) is 18.5. The van der Waals surface area contributed by atoms with Crippen LogP contribution in [-0.2, 0) is 4.79 Å². The van der Waals surface area contributed by atoms with Crippen molar-refractivity contribution in [3.8, 4) is 17.2 Å². The third-order valence-electron chi connectivity index (χ3n) is 4.74. The van der Waals surface area contributed by atoms with Gasteiger partial charge in [-0.2, -0.15) is 0 Å². The van der Waals surface area contributed by atoms with Crippen LogP contribution in [-0.4, -0.2) is 44.5 Å².